The minimum atomic E-state index is -2.06. The van der Waals surface area contributed by atoms with Crippen LogP contribution in [0.3, 0.4) is 0 Å². The van der Waals surface area contributed by atoms with Crippen LogP contribution >= 0.6 is 0 Å². The molecule has 1 heterocycles. The van der Waals surface area contributed by atoms with E-state index in [4.69, 9.17) is 24.5 Å². The summed E-state index contributed by atoms with van der Waals surface area (Å²) in [5.74, 6) is -2.26. The maximum absolute atomic E-state index is 14.4. The molecule has 0 unspecified atom stereocenters. The maximum Gasteiger partial charge on any atom is 0.303 e. The molecule has 0 aromatic heterocycles. The first-order chi connectivity index (χ1) is 10.8. The molecule has 0 saturated carbocycles. The van der Waals surface area contributed by atoms with Crippen molar-refractivity contribution in [1.82, 2.24) is 0 Å². The van der Waals surface area contributed by atoms with Crippen LogP contribution in [0.1, 0.15) is 20.8 Å². The minimum absolute atomic E-state index is 0.408. The van der Waals surface area contributed by atoms with Crippen molar-refractivity contribution >= 4 is 17.9 Å². The molecular formula is C12H16FN3O7. The number of rotatable bonds is 5. The minimum Gasteiger partial charge on any atom is -0.463 e. The molecule has 1 saturated heterocycles. The van der Waals surface area contributed by atoms with Crippen molar-refractivity contribution in [3.05, 3.63) is 10.4 Å². The number of alkyl halides is 1. The predicted octanol–water partition coefficient (Wildman–Crippen LogP) is 0.786. The molecule has 5 atom stereocenters. The highest BCUT2D eigenvalue weighted by atomic mass is 19.1. The van der Waals surface area contributed by atoms with Crippen molar-refractivity contribution in [2.75, 3.05) is 6.61 Å². The smallest absolute Gasteiger partial charge is 0.303 e. The molecule has 0 spiro atoms. The van der Waals surface area contributed by atoms with Gasteiger partial charge in [-0.1, -0.05) is 5.11 Å². The fourth-order valence-electron chi connectivity index (χ4n) is 2.02. The van der Waals surface area contributed by atoms with Crippen LogP contribution in [0.2, 0.25) is 0 Å². The van der Waals surface area contributed by atoms with Crippen molar-refractivity contribution in [2.45, 2.75) is 51.5 Å². The molecular weight excluding hydrogens is 317 g/mol. The van der Waals surface area contributed by atoms with E-state index in [1.165, 1.54) is 0 Å². The predicted molar refractivity (Wildman–Crippen MR) is 70.4 cm³/mol. The molecule has 0 N–H and O–H groups in total. The molecule has 1 rings (SSSR count). The largest absolute Gasteiger partial charge is 0.463 e. The van der Waals surface area contributed by atoms with Crippen molar-refractivity contribution in [2.24, 2.45) is 5.11 Å². The lowest BCUT2D eigenvalue weighted by Crippen LogP contribution is -2.59. The maximum atomic E-state index is 14.4. The molecule has 23 heavy (non-hydrogen) atoms. The number of hydrogen-bond acceptors (Lipinski definition) is 8. The first-order valence-corrected chi connectivity index (χ1v) is 6.57. The van der Waals surface area contributed by atoms with Gasteiger partial charge in [-0.05, 0) is 5.53 Å². The average molecular weight is 333 g/mol. The number of carbonyl (C=O) groups excluding carboxylic acids is 3. The zero-order valence-corrected chi connectivity index (χ0v) is 12.7. The molecule has 0 aliphatic carbocycles. The number of esters is 3. The van der Waals surface area contributed by atoms with Crippen LogP contribution in [0.15, 0.2) is 5.11 Å². The van der Waals surface area contributed by atoms with Gasteiger partial charge in [0.25, 0.3) is 0 Å². The van der Waals surface area contributed by atoms with Gasteiger partial charge in [-0.25, -0.2) is 4.39 Å². The third-order valence-electron chi connectivity index (χ3n) is 2.81. The molecule has 1 aliphatic heterocycles. The second-order valence-corrected chi connectivity index (χ2v) is 4.67. The number of nitrogens with zero attached hydrogens (tertiary/aromatic N) is 3. The number of ether oxygens (including phenoxy) is 4. The lowest BCUT2D eigenvalue weighted by atomic mass is 9.99. The summed E-state index contributed by atoms with van der Waals surface area (Å²) in [6.45, 7) is 2.84. The van der Waals surface area contributed by atoms with E-state index < -0.39 is 55.2 Å². The average Bonchev–Trinajstić information content (AvgIpc) is 2.43. The van der Waals surface area contributed by atoms with Crippen LogP contribution in [-0.2, 0) is 33.3 Å². The van der Waals surface area contributed by atoms with E-state index in [0.29, 0.717) is 0 Å². The Bertz CT molecular complexity index is 523. The zero-order valence-electron chi connectivity index (χ0n) is 12.7. The highest BCUT2D eigenvalue weighted by Gasteiger charge is 2.50. The zero-order chi connectivity index (χ0) is 17.6. The second kappa shape index (κ2) is 8.30. The van der Waals surface area contributed by atoms with Gasteiger partial charge in [-0.2, -0.15) is 0 Å². The van der Waals surface area contributed by atoms with Gasteiger partial charge in [-0.15, -0.1) is 0 Å². The summed E-state index contributed by atoms with van der Waals surface area (Å²) < 4.78 is 34.1. The van der Waals surface area contributed by atoms with E-state index in [9.17, 15) is 18.8 Å². The second-order valence-electron chi connectivity index (χ2n) is 4.67. The van der Waals surface area contributed by atoms with Crippen LogP contribution in [0.5, 0.6) is 0 Å². The van der Waals surface area contributed by atoms with Gasteiger partial charge in [0.1, 0.15) is 12.7 Å². The number of halogens is 1. The van der Waals surface area contributed by atoms with Crippen LogP contribution < -0.4 is 0 Å². The fraction of sp³-hybridized carbons (Fsp3) is 0.750. The van der Waals surface area contributed by atoms with Crippen LogP contribution in [0.25, 0.3) is 10.4 Å². The summed E-state index contributed by atoms with van der Waals surface area (Å²) >= 11 is 0. The molecule has 0 radical (unpaired) electrons. The first-order valence-electron chi connectivity index (χ1n) is 6.57. The Kier molecular flexibility index (Phi) is 6.73. The molecule has 1 aliphatic rings. The van der Waals surface area contributed by atoms with Gasteiger partial charge in [0.15, 0.2) is 24.6 Å². The Morgan fingerprint density at radius 1 is 1.13 bits per heavy atom. The summed E-state index contributed by atoms with van der Waals surface area (Å²) in [5.41, 5.74) is 8.45. The van der Waals surface area contributed by atoms with Crippen LogP contribution in [0.4, 0.5) is 4.39 Å². The van der Waals surface area contributed by atoms with E-state index >= 15 is 0 Å². The van der Waals surface area contributed by atoms with E-state index in [1.54, 1.807) is 0 Å². The van der Waals surface area contributed by atoms with Gasteiger partial charge in [0.05, 0.1) is 0 Å². The van der Waals surface area contributed by atoms with Gasteiger partial charge in [0.2, 0.25) is 0 Å². The molecule has 0 amide bonds. The van der Waals surface area contributed by atoms with E-state index in [2.05, 4.69) is 10.0 Å². The quantitative estimate of drug-likeness (QED) is 0.238. The lowest BCUT2D eigenvalue weighted by molar-refractivity contribution is -0.234. The summed E-state index contributed by atoms with van der Waals surface area (Å²) in [5, 5.41) is 3.12. The molecule has 0 bridgehead atoms. The van der Waals surface area contributed by atoms with Gasteiger partial charge < -0.3 is 18.9 Å². The Morgan fingerprint density at radius 3 is 2.17 bits per heavy atom. The van der Waals surface area contributed by atoms with Crippen molar-refractivity contribution in [1.29, 1.82) is 0 Å². The van der Waals surface area contributed by atoms with E-state index in [0.717, 1.165) is 20.8 Å². The number of hydrogen-bond donors (Lipinski definition) is 0. The Hall–Kier alpha value is -2.39. The van der Waals surface area contributed by atoms with Gasteiger partial charge in [0, 0.05) is 25.7 Å². The SMILES string of the molecule is CC(=O)OC[C@H]1O[C@@H](N=[N+]=[N-])[C@H](F)[C@@H](OC(C)=O)[C@@H]1OC(C)=O. The highest BCUT2D eigenvalue weighted by Crippen LogP contribution is 2.29. The van der Waals surface area contributed by atoms with Gasteiger partial charge >= 0.3 is 17.9 Å². The molecule has 10 nitrogen and oxygen atoms in total. The highest BCUT2D eigenvalue weighted by molar-refractivity contribution is 5.67. The number of azide groups is 1. The molecule has 128 valence electrons. The molecule has 0 aromatic carbocycles. The first kappa shape index (κ1) is 18.7. The third-order valence-corrected chi connectivity index (χ3v) is 2.81. The normalized spacial score (nSPS) is 29.8. The Balaban J connectivity index is 3.09. The van der Waals surface area contributed by atoms with Crippen LogP contribution in [0, 0.1) is 0 Å². The van der Waals surface area contributed by atoms with Crippen molar-refractivity contribution in [3.63, 3.8) is 0 Å². The van der Waals surface area contributed by atoms with Crippen LogP contribution in [-0.4, -0.2) is 55.2 Å². The summed E-state index contributed by atoms with van der Waals surface area (Å²) in [6, 6.07) is 0. The molecule has 1 fully saturated rings. The van der Waals surface area contributed by atoms with E-state index in [-0.39, 0.29) is 0 Å². The molecule has 0 aromatic rings. The Labute approximate surface area is 130 Å². The fourth-order valence-corrected chi connectivity index (χ4v) is 2.02. The summed E-state index contributed by atoms with van der Waals surface area (Å²) in [7, 11) is 0. The monoisotopic (exact) mass is 333 g/mol. The summed E-state index contributed by atoms with van der Waals surface area (Å²) in [6.07, 6.45) is -7.80. The van der Waals surface area contributed by atoms with Crippen molar-refractivity contribution < 1.29 is 37.7 Å². The topological polar surface area (TPSA) is 137 Å². The Morgan fingerprint density at radius 2 is 1.70 bits per heavy atom. The standard InChI is InChI=1S/C12H16FN3O7/c1-5(17)20-4-8-10(21-6(2)18)11(22-7(3)19)9(13)12(23-8)15-16-14/h8-12H,4H2,1-3H3/t8-,9-,10-,11-,12-/m1/s1. The van der Waals surface area contributed by atoms with E-state index in [1.807, 2.05) is 0 Å². The van der Waals surface area contributed by atoms with Gasteiger partial charge in [-0.3, -0.25) is 14.4 Å². The summed E-state index contributed by atoms with van der Waals surface area (Å²) in [4.78, 5) is 35.7. The lowest BCUT2D eigenvalue weighted by Gasteiger charge is -2.40. The van der Waals surface area contributed by atoms with Crippen molar-refractivity contribution in [3.8, 4) is 0 Å². The third kappa shape index (κ3) is 5.38. The number of carbonyl (C=O) groups is 3. The molecule has 11 heteroatoms.